The van der Waals surface area contributed by atoms with Gasteiger partial charge in [0.25, 0.3) is 23.5 Å². The van der Waals surface area contributed by atoms with E-state index in [1.165, 1.54) is 207 Å². The van der Waals surface area contributed by atoms with Gasteiger partial charge in [-0.05, 0) is 385 Å². The summed E-state index contributed by atoms with van der Waals surface area (Å²) in [6.07, 6.45) is 27.4. The number of rotatable bonds is 38. The molecule has 23 nitrogen and oxygen atoms in total. The maximum absolute atomic E-state index is 14.5. The van der Waals surface area contributed by atoms with Gasteiger partial charge in [-0.15, -0.1) is 4.98 Å². The fourth-order valence-electron chi connectivity index (χ4n) is 21.8. The van der Waals surface area contributed by atoms with E-state index in [9.17, 15) is 44.8 Å². The molecular weight excluding hydrogens is 1750 g/mol. The molecule has 6 aliphatic heterocycles. The van der Waals surface area contributed by atoms with Crippen molar-refractivity contribution in [2.45, 2.75) is 220 Å². The molecule has 3 N–H and O–H groups in total. The van der Waals surface area contributed by atoms with E-state index in [1.807, 2.05) is 20.8 Å². The summed E-state index contributed by atoms with van der Waals surface area (Å²) < 4.78 is 133. The lowest BCUT2D eigenvalue weighted by molar-refractivity contribution is 0.0692. The number of halogens is 5. The van der Waals surface area contributed by atoms with Gasteiger partial charge in [-0.3, -0.25) is 14.4 Å². The molecule has 6 saturated heterocycles. The van der Waals surface area contributed by atoms with Crippen molar-refractivity contribution >= 4 is 33.4 Å². The van der Waals surface area contributed by atoms with Crippen LogP contribution in [0.1, 0.15) is 234 Å². The minimum Gasteiger partial charge on any atom is -0.494 e. The quantitative estimate of drug-likeness (QED) is 0.0189. The minimum atomic E-state index is -3.13. The third kappa shape index (κ3) is 33.5. The van der Waals surface area contributed by atoms with Crippen LogP contribution in [-0.2, 0) is 19.3 Å². The number of likely N-dealkylation sites (tertiary alicyclic amines) is 5. The Morgan fingerprint density at radius 3 is 1.13 bits per heavy atom. The van der Waals surface area contributed by atoms with Crippen molar-refractivity contribution in [3.8, 4) is 28.9 Å². The molecular formula is C106H156F5N11O12S. The number of carbonyl (C=O) groups is 3. The van der Waals surface area contributed by atoms with E-state index in [1.54, 1.807) is 43.3 Å². The molecule has 29 heteroatoms. The number of hydrogen-bond donors (Lipinski definition) is 3. The third-order valence-corrected chi connectivity index (χ3v) is 31.7. The van der Waals surface area contributed by atoms with Gasteiger partial charge in [0.1, 0.15) is 63.2 Å². The van der Waals surface area contributed by atoms with Crippen LogP contribution in [-0.4, -0.2) is 243 Å². The smallest absolute Gasteiger partial charge is 0.276 e. The fourth-order valence-corrected chi connectivity index (χ4v) is 22.4. The number of aromatic nitrogens is 2. The highest BCUT2D eigenvalue weighted by Crippen LogP contribution is 2.54. The first-order valence-corrected chi connectivity index (χ1v) is 52.9. The van der Waals surface area contributed by atoms with Crippen molar-refractivity contribution < 1.29 is 77.9 Å². The van der Waals surface area contributed by atoms with E-state index in [2.05, 4.69) is 89.9 Å². The van der Waals surface area contributed by atoms with E-state index >= 15 is 0 Å². The van der Waals surface area contributed by atoms with Gasteiger partial charge < -0.3 is 78.5 Å². The Hall–Kier alpha value is -7.82. The lowest BCUT2D eigenvalue weighted by atomic mass is 9.90. The zero-order valence-electron chi connectivity index (χ0n) is 82.5. The lowest BCUT2D eigenvalue weighted by Gasteiger charge is -2.31. The fraction of sp³-hybridized carbons (Fsp3) is 0.698. The van der Waals surface area contributed by atoms with Crippen molar-refractivity contribution in [3.63, 3.8) is 0 Å². The van der Waals surface area contributed by atoms with Gasteiger partial charge in [0, 0.05) is 88.0 Å². The van der Waals surface area contributed by atoms with Gasteiger partial charge in [-0.2, -0.15) is 4.98 Å². The maximum atomic E-state index is 14.5. The summed E-state index contributed by atoms with van der Waals surface area (Å²) in [5.74, 6) is 9.37. The van der Waals surface area contributed by atoms with E-state index in [4.69, 9.17) is 39.7 Å². The first-order chi connectivity index (χ1) is 65.0. The summed E-state index contributed by atoms with van der Waals surface area (Å²) in [7, 11) is -1.64. The van der Waals surface area contributed by atoms with Crippen molar-refractivity contribution in [2.24, 2.45) is 88.8 Å². The van der Waals surface area contributed by atoms with Crippen molar-refractivity contribution in [2.75, 3.05) is 171 Å². The second-order valence-electron chi connectivity index (χ2n) is 40.8. The molecule has 4 aromatic carbocycles. The predicted octanol–water partition coefficient (Wildman–Crippen LogP) is 18.7. The monoisotopic (exact) mass is 1900 g/mol. The first-order valence-electron chi connectivity index (χ1n) is 51.1. The highest BCUT2D eigenvalue weighted by atomic mass is 32.2. The summed E-state index contributed by atoms with van der Waals surface area (Å²) in [5.41, 5.74) is -1.47. The topological polar surface area (TPSA) is 232 Å². The molecule has 0 radical (unpaired) electrons. The van der Waals surface area contributed by atoms with Crippen molar-refractivity contribution in [1.29, 1.82) is 0 Å². The average molecular weight is 1900 g/mol. The number of methoxy groups -OCH3 is 1. The summed E-state index contributed by atoms with van der Waals surface area (Å²) >= 11 is 0. The van der Waals surface area contributed by atoms with Crippen LogP contribution >= 0.6 is 0 Å². The predicted molar refractivity (Wildman–Crippen MR) is 517 cm³/mol. The number of hydrogen-bond acceptors (Lipinski definition) is 19. The zero-order valence-corrected chi connectivity index (χ0v) is 83.3. The van der Waals surface area contributed by atoms with Crippen LogP contribution in [0.3, 0.4) is 0 Å². The molecule has 135 heavy (non-hydrogen) atoms. The van der Waals surface area contributed by atoms with E-state index in [-0.39, 0.29) is 36.3 Å². The number of ether oxygens (including phenoxy) is 7. The van der Waals surface area contributed by atoms with Crippen LogP contribution in [0.4, 0.5) is 27.8 Å². The van der Waals surface area contributed by atoms with Gasteiger partial charge in [0.2, 0.25) is 11.7 Å². The van der Waals surface area contributed by atoms with Crippen molar-refractivity contribution in [1.82, 2.24) is 50.4 Å². The minimum absolute atomic E-state index is 0.0583. The largest absolute Gasteiger partial charge is 0.494 e. The van der Waals surface area contributed by atoms with Crippen LogP contribution in [0.25, 0.3) is 4.85 Å². The van der Waals surface area contributed by atoms with E-state index in [0.717, 1.165) is 159 Å². The molecule has 11 aliphatic rings. The molecule has 7 heterocycles. The van der Waals surface area contributed by atoms with Crippen LogP contribution < -0.4 is 39.6 Å². The zero-order chi connectivity index (χ0) is 96.3. The lowest BCUT2D eigenvalue weighted by Crippen LogP contribution is -2.40. The molecule has 1 aromatic heterocycles. The van der Waals surface area contributed by atoms with E-state index in [0.29, 0.717) is 92.5 Å². The number of amides is 3. The van der Waals surface area contributed by atoms with Gasteiger partial charge in [0.05, 0.1) is 50.1 Å². The second-order valence-corrected chi connectivity index (χ2v) is 42.8. The molecule has 5 saturated carbocycles. The van der Waals surface area contributed by atoms with Gasteiger partial charge >= 0.3 is 0 Å². The first kappa shape index (κ1) is 106. The summed E-state index contributed by atoms with van der Waals surface area (Å²) in [6, 6.07) is 17.2. The Labute approximate surface area is 801 Å². The van der Waals surface area contributed by atoms with Crippen LogP contribution in [0.5, 0.6) is 28.9 Å². The number of nitrogens with one attached hydrogen (secondary N) is 3. The maximum Gasteiger partial charge on any atom is 0.276 e. The second kappa shape index (κ2) is 51.9. The van der Waals surface area contributed by atoms with Gasteiger partial charge in [-0.1, -0.05) is 41.2 Å². The van der Waals surface area contributed by atoms with Gasteiger partial charge in [-0.25, -0.2) is 30.4 Å². The molecule has 0 spiro atoms. The molecule has 5 aliphatic carbocycles. The van der Waals surface area contributed by atoms with E-state index < -0.39 is 73.3 Å². The third-order valence-electron chi connectivity index (χ3n) is 30.6. The molecule has 0 bridgehead atoms. The Balaban J connectivity index is 0.000000152. The summed E-state index contributed by atoms with van der Waals surface area (Å²) in [6.45, 7) is 48.3. The molecule has 748 valence electrons. The number of nitrogens with zero attached hydrogens (tertiary/aromatic N) is 8. The highest BCUT2D eigenvalue weighted by molar-refractivity contribution is 7.90. The van der Waals surface area contributed by atoms with Crippen LogP contribution in [0, 0.1) is 131 Å². The Morgan fingerprint density at radius 2 is 0.793 bits per heavy atom. The Morgan fingerprint density at radius 1 is 0.452 bits per heavy atom. The normalized spacial score (nSPS) is 24.3. The molecule has 11 fully saturated rings. The van der Waals surface area contributed by atoms with Crippen LogP contribution in [0.2, 0.25) is 0 Å². The average Bonchev–Trinajstić information content (AvgIpc) is 1.45. The van der Waals surface area contributed by atoms with Gasteiger partial charge in [0.15, 0.2) is 9.84 Å². The molecule has 0 unspecified atom stereocenters. The molecule has 16 rings (SSSR count). The number of benzene rings is 4. The SMILES string of the molecule is CCN1CCC([C@H]2C[C@H]2CCOc2cc(F)c(C(=O)NC3CCOCC3)c(F)c2)CC1.CCN1CCC([C@H]2C[C@H]2CCOc2cc(F)c(C(=O)NCCOC)c(F)c2)CC1.CCN1CCC([C@H]2C[C@H]2CCOc2ccc(C(=O)NC(C)(C)C)c(F)c2)CC1.CCN1CCC([C@H]2C[C@H]2CCOc2ccc(S(C)(=O)=O)cc2)CC1.[C-]#[N+]c1cc(OCC[C@@H]2C[C@@H]2C2CCN(CC)CC2)nc(C)n1. The Bertz CT molecular complexity index is 4650. The Kier molecular flexibility index (Phi) is 40.8. The molecule has 10 atom stereocenters. The summed E-state index contributed by atoms with van der Waals surface area (Å²) in [4.78, 5) is 61.0. The van der Waals surface area contributed by atoms with Crippen molar-refractivity contribution in [3.05, 3.63) is 136 Å². The number of sulfone groups is 1. The number of carbonyl (C=O) groups excluding carboxylic acids is 3. The number of piperidine rings is 5. The van der Waals surface area contributed by atoms with Crippen LogP contribution in [0.15, 0.2) is 77.7 Å². The molecule has 5 aromatic rings. The highest BCUT2D eigenvalue weighted by Gasteiger charge is 2.48. The summed E-state index contributed by atoms with van der Waals surface area (Å²) in [5, 5.41) is 7.91. The standard InChI is InChI=1S/C24H34F2N2O3.C23H35FN2O2.C22H32F2N2O3.C19H29NO3S.C18H26N4O/c1-2-28-8-3-16(4-9-28)20-13-17(20)5-12-31-19-14-21(25)23(22(26)15-19)24(29)27-18-6-10-30-11-7-18;1-5-26-11-8-16(9-12-26)20-14-17(20)10-13-28-18-6-7-19(21(24)15-18)22(27)25-23(2,3)4;1-3-26-8-4-15(5-9-26)18-12-16(18)6-10-29-17-13-19(23)21(20(24)14-17)22(27)25-7-11-28-2;1-3-20-11-8-15(9-12-20)19-14-16(19)10-13-23-17-4-6-18(7-5-17)24(2,21)22;1-4-22-8-5-14(6-9-22)16-11-15(16)7-10-23-18-12-17(19-3)20-13(2)21-18/h14-18,20H,2-13H2,1H3,(H,27,29);6-7,15-17,20H,5,8-14H2,1-4H3,(H,25,27);13-16,18H,3-12H2,1-2H3,(H,25,27);4-7,15-16,19H,3,8-14H2,1-2H3;12,14-16H,4-11H2,1-2H3/t2*17-,20-;16-,18-;16-,19-;15-,16-/m11111/s1. The number of aryl methyl sites for hydroxylation is 1. The molecule has 3 amide bonds.